The quantitative estimate of drug-likeness (QED) is 0.881. The largest absolute Gasteiger partial charge is 0.480 e. The van der Waals surface area contributed by atoms with Crippen LogP contribution in [0.25, 0.3) is 0 Å². The summed E-state index contributed by atoms with van der Waals surface area (Å²) in [7, 11) is 0. The number of hydrogen-bond acceptors (Lipinski definition) is 5. The predicted molar refractivity (Wildman–Crippen MR) is 72.3 cm³/mol. The number of carboxylic acid groups (broad SMARTS) is 1. The molecular formula is C12H11N3O3S. The van der Waals surface area contributed by atoms with Crippen molar-refractivity contribution in [2.24, 2.45) is 0 Å². The number of carbonyl (C=O) groups excluding carboxylic acids is 1. The lowest BCUT2D eigenvalue weighted by atomic mass is 10.2. The Bertz CT molecular complexity index is 597. The van der Waals surface area contributed by atoms with Crippen molar-refractivity contribution >= 4 is 34.2 Å². The number of amides is 1. The molecule has 3 N–H and O–H groups in total. The molecule has 7 heteroatoms. The smallest absolute Gasteiger partial charge is 0.323 e. The van der Waals surface area contributed by atoms with Crippen molar-refractivity contribution in [1.29, 1.82) is 0 Å². The van der Waals surface area contributed by atoms with Crippen LogP contribution in [-0.2, 0) is 4.79 Å². The van der Waals surface area contributed by atoms with Gasteiger partial charge in [-0.15, -0.1) is 11.3 Å². The van der Waals surface area contributed by atoms with Gasteiger partial charge in [-0.05, 0) is 12.1 Å². The Hall–Kier alpha value is -2.41. The Morgan fingerprint density at radius 2 is 2.00 bits per heavy atom. The molecule has 2 aromatic rings. The first kappa shape index (κ1) is 13.0. The van der Waals surface area contributed by atoms with Crippen LogP contribution in [0.2, 0.25) is 0 Å². The number of carboxylic acids is 1. The fourth-order valence-electron chi connectivity index (χ4n) is 1.53. The van der Waals surface area contributed by atoms with Gasteiger partial charge in [-0.1, -0.05) is 18.2 Å². The van der Waals surface area contributed by atoms with Gasteiger partial charge in [-0.3, -0.25) is 14.5 Å². The number of nitrogens with zero attached hydrogens (tertiary/aromatic N) is 2. The molecule has 0 aliphatic rings. The van der Waals surface area contributed by atoms with Crippen LogP contribution in [0.3, 0.4) is 0 Å². The molecule has 1 amide bonds. The maximum atomic E-state index is 12.3. The molecule has 0 spiro atoms. The lowest BCUT2D eigenvalue weighted by Gasteiger charge is -2.17. The zero-order chi connectivity index (χ0) is 13.8. The van der Waals surface area contributed by atoms with Gasteiger partial charge in [0.15, 0.2) is 5.13 Å². The maximum Gasteiger partial charge on any atom is 0.323 e. The summed E-state index contributed by atoms with van der Waals surface area (Å²) in [6.07, 6.45) is 0. The minimum atomic E-state index is -1.11. The second-order valence-electron chi connectivity index (χ2n) is 3.70. The van der Waals surface area contributed by atoms with E-state index in [1.807, 2.05) is 0 Å². The first-order valence-corrected chi connectivity index (χ1v) is 6.25. The van der Waals surface area contributed by atoms with E-state index in [4.69, 9.17) is 10.8 Å². The third-order valence-corrected chi connectivity index (χ3v) is 3.01. The normalized spacial score (nSPS) is 10.1. The van der Waals surface area contributed by atoms with Gasteiger partial charge in [-0.2, -0.15) is 0 Å². The second kappa shape index (κ2) is 5.49. The van der Waals surface area contributed by atoms with Gasteiger partial charge in [0.05, 0.1) is 0 Å². The van der Waals surface area contributed by atoms with Crippen molar-refractivity contribution in [1.82, 2.24) is 4.98 Å². The van der Waals surface area contributed by atoms with Crippen molar-refractivity contribution < 1.29 is 14.7 Å². The predicted octanol–water partition coefficient (Wildman–Crippen LogP) is 1.46. The van der Waals surface area contributed by atoms with Crippen molar-refractivity contribution in [3.63, 3.8) is 0 Å². The molecule has 0 atom stereocenters. The van der Waals surface area contributed by atoms with E-state index in [1.54, 1.807) is 35.7 Å². The Morgan fingerprint density at radius 3 is 2.53 bits per heavy atom. The topological polar surface area (TPSA) is 96.5 Å². The molecule has 1 aromatic heterocycles. The Balaban J connectivity index is 2.33. The third kappa shape index (κ3) is 3.08. The number of nitrogen functional groups attached to an aromatic ring is 1. The number of rotatable bonds is 4. The average Bonchev–Trinajstić information content (AvgIpc) is 2.82. The fourth-order valence-corrected chi connectivity index (χ4v) is 2.08. The number of carbonyl (C=O) groups is 2. The highest BCUT2D eigenvalue weighted by atomic mass is 32.1. The van der Waals surface area contributed by atoms with Gasteiger partial charge in [-0.25, -0.2) is 4.98 Å². The molecule has 0 fully saturated rings. The summed E-state index contributed by atoms with van der Waals surface area (Å²) in [6, 6.07) is 8.43. The Morgan fingerprint density at radius 1 is 1.32 bits per heavy atom. The van der Waals surface area contributed by atoms with E-state index in [2.05, 4.69) is 4.98 Å². The molecule has 0 aliphatic heterocycles. The molecule has 0 saturated heterocycles. The molecular weight excluding hydrogens is 266 g/mol. The van der Waals surface area contributed by atoms with Gasteiger partial charge in [0, 0.05) is 10.9 Å². The highest BCUT2D eigenvalue weighted by Gasteiger charge is 2.22. The zero-order valence-electron chi connectivity index (χ0n) is 9.81. The van der Waals surface area contributed by atoms with Crippen LogP contribution in [0, 0.1) is 0 Å². The van der Waals surface area contributed by atoms with Gasteiger partial charge in [0.2, 0.25) is 0 Å². The monoisotopic (exact) mass is 277 g/mol. The highest BCUT2D eigenvalue weighted by Crippen LogP contribution is 2.21. The van der Waals surface area contributed by atoms with Gasteiger partial charge in [0.25, 0.3) is 5.91 Å². The number of hydrogen-bond donors (Lipinski definition) is 2. The van der Waals surface area contributed by atoms with Crippen LogP contribution < -0.4 is 10.6 Å². The van der Waals surface area contributed by atoms with Crippen molar-refractivity contribution in [3.8, 4) is 0 Å². The molecule has 2 rings (SSSR count). The first-order valence-electron chi connectivity index (χ1n) is 5.37. The molecule has 1 heterocycles. The number of aliphatic carboxylic acids is 1. The summed E-state index contributed by atoms with van der Waals surface area (Å²) in [4.78, 5) is 28.2. The minimum Gasteiger partial charge on any atom is -0.480 e. The van der Waals surface area contributed by atoms with Gasteiger partial charge >= 0.3 is 5.97 Å². The van der Waals surface area contributed by atoms with Crippen LogP contribution in [0.1, 0.15) is 10.4 Å². The Labute approximate surface area is 113 Å². The summed E-state index contributed by atoms with van der Waals surface area (Å²) in [5, 5.41) is 10.7. The number of thiazole rings is 1. The average molecular weight is 277 g/mol. The lowest BCUT2D eigenvalue weighted by Crippen LogP contribution is -2.36. The fraction of sp³-hybridized carbons (Fsp3) is 0.0833. The van der Waals surface area contributed by atoms with E-state index < -0.39 is 18.4 Å². The summed E-state index contributed by atoms with van der Waals surface area (Å²) >= 11 is 1.15. The summed E-state index contributed by atoms with van der Waals surface area (Å²) in [6.45, 7) is -0.461. The molecule has 98 valence electrons. The van der Waals surface area contributed by atoms with Crippen LogP contribution in [0.5, 0.6) is 0 Å². The van der Waals surface area contributed by atoms with Gasteiger partial charge < -0.3 is 10.8 Å². The Kier molecular flexibility index (Phi) is 3.76. The summed E-state index contributed by atoms with van der Waals surface area (Å²) in [5.41, 5.74) is 5.91. The molecule has 6 nitrogen and oxygen atoms in total. The molecule has 0 bridgehead atoms. The standard InChI is InChI=1S/C12H11N3O3S/c13-12-14-9(7-19-12)15(6-10(16)17)11(18)8-4-2-1-3-5-8/h1-5,7H,6H2,(H2,13,14)(H,16,17). The van der Waals surface area contributed by atoms with Crippen molar-refractivity contribution in [2.75, 3.05) is 17.2 Å². The maximum absolute atomic E-state index is 12.3. The van der Waals surface area contributed by atoms with Crippen LogP contribution in [-0.4, -0.2) is 28.5 Å². The number of benzene rings is 1. The molecule has 0 aliphatic carbocycles. The zero-order valence-corrected chi connectivity index (χ0v) is 10.6. The van der Waals surface area contributed by atoms with E-state index in [9.17, 15) is 9.59 Å². The van der Waals surface area contributed by atoms with Crippen molar-refractivity contribution in [3.05, 3.63) is 41.3 Å². The summed E-state index contributed by atoms with van der Waals surface area (Å²) in [5.74, 6) is -1.29. The van der Waals surface area contributed by atoms with E-state index in [0.717, 1.165) is 16.2 Å². The number of aromatic nitrogens is 1. The van der Waals surface area contributed by atoms with E-state index in [1.165, 1.54) is 0 Å². The van der Waals surface area contributed by atoms with Crippen molar-refractivity contribution in [2.45, 2.75) is 0 Å². The summed E-state index contributed by atoms with van der Waals surface area (Å²) < 4.78 is 0. The third-order valence-electron chi connectivity index (χ3n) is 2.35. The number of anilines is 2. The molecule has 0 saturated carbocycles. The molecule has 1 aromatic carbocycles. The van der Waals surface area contributed by atoms with E-state index in [0.29, 0.717) is 5.56 Å². The molecule has 0 unspecified atom stereocenters. The van der Waals surface area contributed by atoms with E-state index >= 15 is 0 Å². The lowest BCUT2D eigenvalue weighted by molar-refractivity contribution is -0.135. The van der Waals surface area contributed by atoms with Crippen LogP contribution in [0.15, 0.2) is 35.7 Å². The first-order chi connectivity index (χ1) is 9.08. The SMILES string of the molecule is Nc1nc(N(CC(=O)O)C(=O)c2ccccc2)cs1. The molecule has 0 radical (unpaired) electrons. The van der Waals surface area contributed by atoms with E-state index in [-0.39, 0.29) is 10.9 Å². The van der Waals surface area contributed by atoms with Crippen LogP contribution in [0.4, 0.5) is 10.9 Å². The molecule has 19 heavy (non-hydrogen) atoms. The highest BCUT2D eigenvalue weighted by molar-refractivity contribution is 7.13. The minimum absolute atomic E-state index is 0.249. The number of nitrogens with two attached hydrogens (primary N) is 1. The van der Waals surface area contributed by atoms with Gasteiger partial charge in [0.1, 0.15) is 12.4 Å². The second-order valence-corrected chi connectivity index (χ2v) is 4.58. The van der Waals surface area contributed by atoms with Crippen LogP contribution >= 0.6 is 11.3 Å².